The minimum Gasteiger partial charge on any atom is -0.487 e. The first-order valence-electron chi connectivity index (χ1n) is 14.5. The summed E-state index contributed by atoms with van der Waals surface area (Å²) in [5, 5.41) is 4.80. The van der Waals surface area contributed by atoms with Gasteiger partial charge in [-0.3, -0.25) is 4.79 Å². The van der Waals surface area contributed by atoms with Crippen molar-refractivity contribution in [2.45, 2.75) is 77.3 Å². The third-order valence-electron chi connectivity index (χ3n) is 8.71. The molecular weight excluding hydrogens is 502 g/mol. The van der Waals surface area contributed by atoms with Crippen molar-refractivity contribution in [3.05, 3.63) is 76.1 Å². The molecule has 1 heterocycles. The van der Waals surface area contributed by atoms with Crippen molar-refractivity contribution in [2.75, 3.05) is 19.6 Å². The Morgan fingerprint density at radius 3 is 2.51 bits per heavy atom. The molecule has 4 rings (SSSR count). The molecule has 7 heteroatoms. The molecule has 0 spiro atoms. The summed E-state index contributed by atoms with van der Waals surface area (Å²) in [5.74, 6) is 1.97. The normalized spacial score (nSPS) is 19.2. The molecule has 2 aromatic carbocycles. The number of nitrogens with two attached hydrogens (primary N) is 1. The number of hydrogen-bond donors (Lipinski definition) is 3. The zero-order valence-corrected chi connectivity index (χ0v) is 25.4. The number of ether oxygens (including phenoxy) is 1. The van der Waals surface area contributed by atoms with Crippen molar-refractivity contribution >= 4 is 19.2 Å². The molecule has 1 aliphatic rings. The van der Waals surface area contributed by atoms with E-state index >= 15 is 0 Å². The molecule has 0 saturated heterocycles. The number of benzene rings is 2. The van der Waals surface area contributed by atoms with Crippen LogP contribution in [0.25, 0.3) is 10.9 Å². The molecule has 212 valence electrons. The van der Waals surface area contributed by atoms with E-state index in [2.05, 4.69) is 50.2 Å². The van der Waals surface area contributed by atoms with Crippen LogP contribution in [0.15, 0.2) is 59.4 Å². The van der Waals surface area contributed by atoms with Crippen molar-refractivity contribution in [1.29, 1.82) is 0 Å². The van der Waals surface area contributed by atoms with Gasteiger partial charge in [-0.1, -0.05) is 63.6 Å². The van der Waals surface area contributed by atoms with Crippen molar-refractivity contribution in [3.63, 3.8) is 0 Å². The average Bonchev–Trinajstić information content (AvgIpc) is 2.91. The van der Waals surface area contributed by atoms with Crippen LogP contribution in [-0.4, -0.2) is 32.9 Å². The summed E-state index contributed by atoms with van der Waals surface area (Å²) in [7, 11) is -2.09. The van der Waals surface area contributed by atoms with Gasteiger partial charge < -0.3 is 25.2 Å². The molecule has 39 heavy (non-hydrogen) atoms. The Labute approximate surface area is 234 Å². The van der Waals surface area contributed by atoms with Gasteiger partial charge in [0.25, 0.3) is 0 Å². The van der Waals surface area contributed by atoms with Gasteiger partial charge in [-0.25, -0.2) is 0 Å². The standard InChI is InChI=1S/C32H47N3O3Si/c1-32(2,3)39(4,5)38-29(21-34-20-25-13-9-12-24(18-25)19-33)26-14-16-28(31-27(26)15-17-30(36)35-31)37-22-23-10-7-6-8-11-23/h6-8,10-11,14-17,24-25,29,34H,9,12-13,18-22,33H2,1-5H3,(H,35,36)/t24?,25-,29?/m1/s1. The van der Waals surface area contributed by atoms with E-state index in [0.29, 0.717) is 24.2 Å². The Balaban J connectivity index is 1.61. The van der Waals surface area contributed by atoms with Crippen LogP contribution in [0.2, 0.25) is 18.1 Å². The van der Waals surface area contributed by atoms with E-state index in [4.69, 9.17) is 14.9 Å². The van der Waals surface area contributed by atoms with E-state index < -0.39 is 8.32 Å². The van der Waals surface area contributed by atoms with Crippen LogP contribution >= 0.6 is 0 Å². The highest BCUT2D eigenvalue weighted by molar-refractivity contribution is 6.74. The van der Waals surface area contributed by atoms with Crippen LogP contribution < -0.4 is 21.3 Å². The van der Waals surface area contributed by atoms with E-state index in [9.17, 15) is 4.79 Å². The number of aromatic nitrogens is 1. The predicted octanol–water partition coefficient (Wildman–Crippen LogP) is 6.52. The number of pyridine rings is 1. The molecule has 0 aliphatic heterocycles. The van der Waals surface area contributed by atoms with Crippen LogP contribution in [0, 0.1) is 11.8 Å². The van der Waals surface area contributed by atoms with Crippen LogP contribution in [0.1, 0.15) is 63.7 Å². The average molecular weight is 550 g/mol. The summed E-state index contributed by atoms with van der Waals surface area (Å²) in [6.45, 7) is 14.3. The quantitative estimate of drug-likeness (QED) is 0.237. The monoisotopic (exact) mass is 549 g/mol. The zero-order valence-electron chi connectivity index (χ0n) is 24.4. The maximum Gasteiger partial charge on any atom is 0.248 e. The first-order chi connectivity index (χ1) is 18.6. The smallest absolute Gasteiger partial charge is 0.248 e. The van der Waals surface area contributed by atoms with E-state index in [1.54, 1.807) is 6.07 Å². The highest BCUT2D eigenvalue weighted by Gasteiger charge is 2.40. The van der Waals surface area contributed by atoms with E-state index in [0.717, 1.165) is 41.7 Å². The van der Waals surface area contributed by atoms with Gasteiger partial charge >= 0.3 is 0 Å². The van der Waals surface area contributed by atoms with E-state index in [1.165, 1.54) is 25.7 Å². The van der Waals surface area contributed by atoms with Gasteiger partial charge in [0.05, 0.1) is 11.6 Å². The van der Waals surface area contributed by atoms with Crippen LogP contribution in [-0.2, 0) is 11.0 Å². The number of rotatable bonds is 11. The molecule has 3 atom stereocenters. The summed E-state index contributed by atoms with van der Waals surface area (Å²) in [6, 6.07) is 17.7. The maximum absolute atomic E-state index is 12.4. The van der Waals surface area contributed by atoms with Crippen molar-refractivity contribution in [2.24, 2.45) is 17.6 Å². The largest absolute Gasteiger partial charge is 0.487 e. The number of aromatic amines is 1. The number of H-pyrrole nitrogens is 1. The molecule has 1 aliphatic carbocycles. The summed E-state index contributed by atoms with van der Waals surface area (Å²) in [4.78, 5) is 15.4. The van der Waals surface area contributed by atoms with Crippen LogP contribution in [0.4, 0.5) is 0 Å². The van der Waals surface area contributed by atoms with Gasteiger partial charge in [0.2, 0.25) is 5.56 Å². The lowest BCUT2D eigenvalue weighted by Gasteiger charge is -2.40. The zero-order chi connectivity index (χ0) is 28.0. The van der Waals surface area contributed by atoms with Gasteiger partial charge in [-0.05, 0) is 85.6 Å². The van der Waals surface area contributed by atoms with Gasteiger partial charge in [0.15, 0.2) is 8.32 Å². The summed E-state index contributed by atoms with van der Waals surface area (Å²) in [5.41, 5.74) is 8.72. The minimum absolute atomic E-state index is 0.0752. The van der Waals surface area contributed by atoms with Gasteiger partial charge in [-0.15, -0.1) is 0 Å². The highest BCUT2D eigenvalue weighted by atomic mass is 28.4. The molecule has 1 saturated carbocycles. The van der Waals surface area contributed by atoms with Crippen molar-refractivity contribution in [1.82, 2.24) is 10.3 Å². The van der Waals surface area contributed by atoms with Crippen molar-refractivity contribution in [3.8, 4) is 5.75 Å². The summed E-state index contributed by atoms with van der Waals surface area (Å²) < 4.78 is 13.3. The number of nitrogens with one attached hydrogen (secondary N) is 2. The lowest BCUT2D eigenvalue weighted by Crippen LogP contribution is -2.44. The molecule has 1 aromatic heterocycles. The third-order valence-corrected chi connectivity index (χ3v) is 13.2. The second kappa shape index (κ2) is 12.8. The highest BCUT2D eigenvalue weighted by Crippen LogP contribution is 2.41. The fourth-order valence-electron chi connectivity index (χ4n) is 5.35. The first kappa shape index (κ1) is 29.5. The lowest BCUT2D eigenvalue weighted by molar-refractivity contribution is 0.175. The lowest BCUT2D eigenvalue weighted by atomic mass is 9.81. The molecule has 0 radical (unpaired) electrons. The Morgan fingerprint density at radius 2 is 1.79 bits per heavy atom. The van der Waals surface area contributed by atoms with Gasteiger partial charge in [0.1, 0.15) is 12.4 Å². The second-order valence-corrected chi connectivity index (χ2v) is 17.5. The molecule has 3 aromatic rings. The fraction of sp³-hybridized carbons (Fsp3) is 0.531. The SMILES string of the molecule is CC(C)(C)[Si](C)(C)OC(CNC[C@@H]1CCCC(CN)C1)c1ccc(OCc2ccccc2)c2[nH]c(=O)ccc12. The van der Waals surface area contributed by atoms with Crippen LogP contribution in [0.5, 0.6) is 5.75 Å². The molecule has 0 bridgehead atoms. The molecule has 6 nitrogen and oxygen atoms in total. The fourth-order valence-corrected chi connectivity index (χ4v) is 6.63. The minimum atomic E-state index is -2.09. The maximum atomic E-state index is 12.4. The van der Waals surface area contributed by atoms with Gasteiger partial charge in [-0.2, -0.15) is 0 Å². The topological polar surface area (TPSA) is 89.4 Å². The molecule has 1 fully saturated rings. The van der Waals surface area contributed by atoms with Crippen LogP contribution in [0.3, 0.4) is 0 Å². The molecule has 4 N–H and O–H groups in total. The Bertz CT molecular complexity index is 1270. The van der Waals surface area contributed by atoms with Gasteiger partial charge in [0, 0.05) is 18.0 Å². The Morgan fingerprint density at radius 1 is 1.05 bits per heavy atom. The molecular formula is C32H47N3O3Si. The van der Waals surface area contributed by atoms with Crippen molar-refractivity contribution < 1.29 is 9.16 Å². The first-order valence-corrected chi connectivity index (χ1v) is 17.4. The second-order valence-electron chi connectivity index (χ2n) is 12.7. The molecule has 2 unspecified atom stereocenters. The number of hydrogen-bond acceptors (Lipinski definition) is 5. The molecule has 0 amide bonds. The third kappa shape index (κ3) is 7.60. The Kier molecular flexibility index (Phi) is 9.70. The predicted molar refractivity (Wildman–Crippen MR) is 164 cm³/mol. The summed E-state index contributed by atoms with van der Waals surface area (Å²) >= 11 is 0. The Hall–Kier alpha value is -2.45. The summed E-state index contributed by atoms with van der Waals surface area (Å²) in [6.07, 6.45) is 4.84. The van der Waals surface area contributed by atoms with E-state index in [-0.39, 0.29) is 16.7 Å². The van der Waals surface area contributed by atoms with E-state index in [1.807, 2.05) is 42.5 Å². The number of fused-ring (bicyclic) bond motifs is 1.